The Hall–Kier alpha value is -0.535. The predicted molar refractivity (Wildman–Crippen MR) is 75.2 cm³/mol. The molecule has 4 rings (SSSR count). The van der Waals surface area contributed by atoms with Gasteiger partial charge in [0.05, 0.1) is 18.2 Å². The van der Waals surface area contributed by atoms with Crippen molar-refractivity contribution in [3.8, 4) is 0 Å². The molecule has 2 aliphatic carbocycles. The van der Waals surface area contributed by atoms with E-state index < -0.39 is 0 Å². The number of morpholine rings is 1. The van der Waals surface area contributed by atoms with Crippen LogP contribution in [-0.2, 0) is 4.74 Å². The second-order valence-corrected chi connectivity index (χ2v) is 6.64. The summed E-state index contributed by atoms with van der Waals surface area (Å²) in [6, 6.07) is 0.637. The van der Waals surface area contributed by atoms with Gasteiger partial charge in [-0.15, -0.1) is 0 Å². The summed E-state index contributed by atoms with van der Waals surface area (Å²) in [4.78, 5) is 2.80. The second kappa shape index (κ2) is 3.74. The Morgan fingerprint density at radius 1 is 1.50 bits per heavy atom. The van der Waals surface area contributed by atoms with Crippen LogP contribution in [0.3, 0.4) is 0 Å². The van der Waals surface area contributed by atoms with Crippen LogP contribution in [0.15, 0.2) is 23.7 Å². The Morgan fingerprint density at radius 3 is 3.17 bits per heavy atom. The number of rotatable bonds is 0. The molecule has 2 aliphatic heterocycles. The fourth-order valence-electron chi connectivity index (χ4n) is 4.88. The van der Waals surface area contributed by atoms with Crippen LogP contribution in [0.2, 0.25) is 0 Å². The molecule has 3 heteroatoms. The minimum absolute atomic E-state index is 0.376. The van der Waals surface area contributed by atoms with Crippen LogP contribution in [-0.4, -0.2) is 43.6 Å². The van der Waals surface area contributed by atoms with E-state index in [1.165, 1.54) is 24.7 Å². The Labute approximate surface area is 110 Å². The van der Waals surface area contributed by atoms with E-state index in [0.29, 0.717) is 17.7 Å². The molecule has 2 nitrogen and oxygen atoms in total. The van der Waals surface area contributed by atoms with Crippen LogP contribution < -0.4 is 0 Å². The SMILES string of the molecule is BC1=CC2C(C=C1)C[C@@H](C)C13CCC1OCCN23. The number of hydrogen-bond donors (Lipinski definition) is 0. The Balaban J connectivity index is 1.74. The highest BCUT2D eigenvalue weighted by Gasteiger charge is 2.61. The first-order chi connectivity index (χ1) is 8.72. The molecular formula is C15H22BNO. The van der Waals surface area contributed by atoms with Gasteiger partial charge in [-0.1, -0.05) is 30.6 Å². The third-order valence-electron chi connectivity index (χ3n) is 5.87. The summed E-state index contributed by atoms with van der Waals surface area (Å²) in [5, 5.41) is 0. The molecule has 0 bridgehead atoms. The Morgan fingerprint density at radius 2 is 2.39 bits per heavy atom. The third kappa shape index (κ3) is 1.27. The van der Waals surface area contributed by atoms with E-state index in [0.717, 1.165) is 25.0 Å². The molecule has 18 heavy (non-hydrogen) atoms. The molecule has 0 amide bonds. The largest absolute Gasteiger partial charge is 0.375 e. The molecule has 0 aromatic carbocycles. The topological polar surface area (TPSA) is 12.5 Å². The smallest absolute Gasteiger partial charge is 0.138 e. The zero-order chi connectivity index (χ0) is 12.3. The van der Waals surface area contributed by atoms with Crippen molar-refractivity contribution in [1.82, 2.24) is 4.90 Å². The number of nitrogens with zero attached hydrogens (tertiary/aromatic N) is 1. The predicted octanol–water partition coefficient (Wildman–Crippen LogP) is 1.33. The molecule has 0 aromatic rings. The van der Waals surface area contributed by atoms with Crippen molar-refractivity contribution in [3.05, 3.63) is 23.7 Å². The van der Waals surface area contributed by atoms with Gasteiger partial charge in [0.1, 0.15) is 7.85 Å². The highest BCUT2D eigenvalue weighted by Crippen LogP contribution is 2.54. The number of allylic oxidation sites excluding steroid dienone is 2. The molecule has 5 atom stereocenters. The lowest BCUT2D eigenvalue weighted by atomic mass is 9.57. The normalized spacial score (nSPS) is 50.6. The molecule has 2 saturated heterocycles. The van der Waals surface area contributed by atoms with Gasteiger partial charge in [0.2, 0.25) is 0 Å². The average Bonchev–Trinajstić information content (AvgIpc) is 2.32. The lowest BCUT2D eigenvalue weighted by Crippen LogP contribution is -2.75. The van der Waals surface area contributed by atoms with E-state index in [4.69, 9.17) is 4.74 Å². The molecular weight excluding hydrogens is 221 g/mol. The molecule has 96 valence electrons. The Kier molecular flexibility index (Phi) is 2.35. The fourth-order valence-corrected chi connectivity index (χ4v) is 4.88. The standard InChI is InChI=1S/C15H22BNO/c1-10-8-11-2-3-12(16)9-13(11)17-6-7-18-14-4-5-15(10,14)17/h2-3,9-11,13-14H,4-8,16H2,1H3/t10-,11?,13?,14?,15?/m1/s1. The van der Waals surface area contributed by atoms with Crippen LogP contribution in [0, 0.1) is 11.8 Å². The zero-order valence-corrected chi connectivity index (χ0v) is 11.4. The van der Waals surface area contributed by atoms with Crippen LogP contribution >= 0.6 is 0 Å². The van der Waals surface area contributed by atoms with E-state index in [1.807, 2.05) is 0 Å². The molecule has 4 unspecified atom stereocenters. The van der Waals surface area contributed by atoms with Gasteiger partial charge < -0.3 is 4.74 Å². The lowest BCUT2D eigenvalue weighted by Gasteiger charge is -2.67. The van der Waals surface area contributed by atoms with Crippen molar-refractivity contribution >= 4 is 7.85 Å². The first-order valence-corrected chi connectivity index (χ1v) is 7.47. The molecule has 2 heterocycles. The number of piperidine rings is 1. The first kappa shape index (κ1) is 11.3. The van der Waals surface area contributed by atoms with Gasteiger partial charge in [0.25, 0.3) is 0 Å². The minimum atomic E-state index is 0.376. The minimum Gasteiger partial charge on any atom is -0.375 e. The van der Waals surface area contributed by atoms with E-state index in [2.05, 4.69) is 37.9 Å². The third-order valence-corrected chi connectivity index (χ3v) is 5.87. The summed E-state index contributed by atoms with van der Waals surface area (Å²) in [5.74, 6) is 1.50. The van der Waals surface area contributed by atoms with E-state index in [-0.39, 0.29) is 0 Å². The summed E-state index contributed by atoms with van der Waals surface area (Å²) in [5.41, 5.74) is 1.81. The van der Waals surface area contributed by atoms with E-state index >= 15 is 0 Å². The molecule has 3 fully saturated rings. The van der Waals surface area contributed by atoms with Crippen LogP contribution in [0.5, 0.6) is 0 Å². The van der Waals surface area contributed by atoms with Gasteiger partial charge in [-0.3, -0.25) is 4.90 Å². The average molecular weight is 243 g/mol. The Bertz CT molecular complexity index is 432. The van der Waals surface area contributed by atoms with Crippen LogP contribution in [0.1, 0.15) is 26.2 Å². The lowest BCUT2D eigenvalue weighted by molar-refractivity contribution is -0.231. The zero-order valence-electron chi connectivity index (χ0n) is 11.4. The summed E-state index contributed by atoms with van der Waals surface area (Å²) < 4.78 is 6.03. The van der Waals surface area contributed by atoms with Gasteiger partial charge in [-0.2, -0.15) is 0 Å². The number of ether oxygens (including phenoxy) is 1. The van der Waals surface area contributed by atoms with Crippen LogP contribution in [0.4, 0.5) is 0 Å². The number of fused-ring (bicyclic) bond motifs is 2. The van der Waals surface area contributed by atoms with Gasteiger partial charge >= 0.3 is 0 Å². The highest BCUT2D eigenvalue weighted by atomic mass is 16.5. The molecule has 0 radical (unpaired) electrons. The van der Waals surface area contributed by atoms with Crippen molar-refractivity contribution in [2.75, 3.05) is 13.2 Å². The first-order valence-electron chi connectivity index (χ1n) is 7.47. The molecule has 0 aromatic heterocycles. The maximum absolute atomic E-state index is 6.03. The van der Waals surface area contributed by atoms with Crippen molar-refractivity contribution in [1.29, 1.82) is 0 Å². The van der Waals surface area contributed by atoms with Crippen molar-refractivity contribution in [3.63, 3.8) is 0 Å². The maximum Gasteiger partial charge on any atom is 0.138 e. The molecule has 1 saturated carbocycles. The van der Waals surface area contributed by atoms with Gasteiger partial charge in [-0.25, -0.2) is 0 Å². The van der Waals surface area contributed by atoms with E-state index in [9.17, 15) is 0 Å². The molecule has 1 spiro atoms. The molecule has 0 N–H and O–H groups in total. The highest BCUT2D eigenvalue weighted by molar-refractivity contribution is 6.23. The van der Waals surface area contributed by atoms with Crippen molar-refractivity contribution in [2.45, 2.75) is 43.9 Å². The monoisotopic (exact) mass is 243 g/mol. The fraction of sp³-hybridized carbons (Fsp3) is 0.733. The summed E-state index contributed by atoms with van der Waals surface area (Å²) >= 11 is 0. The summed E-state index contributed by atoms with van der Waals surface area (Å²) in [6.45, 7) is 4.50. The van der Waals surface area contributed by atoms with Crippen LogP contribution in [0.25, 0.3) is 0 Å². The maximum atomic E-state index is 6.03. The summed E-state index contributed by atoms with van der Waals surface area (Å²) in [6.07, 6.45) is 11.7. The quantitative estimate of drug-likeness (QED) is 0.595. The van der Waals surface area contributed by atoms with Gasteiger partial charge in [0.15, 0.2) is 0 Å². The number of hydrogen-bond acceptors (Lipinski definition) is 2. The van der Waals surface area contributed by atoms with Crippen molar-refractivity contribution < 1.29 is 4.74 Å². The van der Waals surface area contributed by atoms with Gasteiger partial charge in [-0.05, 0) is 31.1 Å². The molecule has 4 aliphatic rings. The van der Waals surface area contributed by atoms with Crippen molar-refractivity contribution in [2.24, 2.45) is 11.8 Å². The van der Waals surface area contributed by atoms with Gasteiger partial charge in [0, 0.05) is 12.6 Å². The summed E-state index contributed by atoms with van der Waals surface area (Å²) in [7, 11) is 2.23. The van der Waals surface area contributed by atoms with E-state index in [1.54, 1.807) is 0 Å². The second-order valence-electron chi connectivity index (χ2n) is 6.64.